The lowest BCUT2D eigenvalue weighted by atomic mass is 9.84. The quantitative estimate of drug-likeness (QED) is 0.757. The molecule has 2 heterocycles. The van der Waals surface area contributed by atoms with E-state index in [1.54, 1.807) is 0 Å². The van der Waals surface area contributed by atoms with Gasteiger partial charge in [-0.2, -0.15) is 0 Å². The van der Waals surface area contributed by atoms with Crippen molar-refractivity contribution in [3.63, 3.8) is 0 Å². The molecule has 0 aliphatic carbocycles. The molecule has 1 unspecified atom stereocenters. The first-order chi connectivity index (χ1) is 10.8. The molecule has 0 fully saturated rings. The number of rotatable bonds is 3. The van der Waals surface area contributed by atoms with Crippen molar-refractivity contribution in [3.8, 4) is 0 Å². The van der Waals surface area contributed by atoms with Gasteiger partial charge in [-0.05, 0) is 35.3 Å². The highest BCUT2D eigenvalue weighted by molar-refractivity contribution is 6.74. The normalized spacial score (nSPS) is 27.1. The van der Waals surface area contributed by atoms with Gasteiger partial charge in [-0.1, -0.05) is 45.0 Å². The van der Waals surface area contributed by atoms with Gasteiger partial charge in [-0.25, -0.2) is 0 Å². The Balaban J connectivity index is 1.73. The predicted molar refractivity (Wildman–Crippen MR) is 94.9 cm³/mol. The minimum Gasteiger partial charge on any atom is -0.493 e. The maximum absolute atomic E-state index is 6.37. The van der Waals surface area contributed by atoms with Gasteiger partial charge in [0, 0.05) is 5.92 Å². The van der Waals surface area contributed by atoms with Crippen LogP contribution in [0.1, 0.15) is 37.8 Å². The molecule has 2 aliphatic heterocycles. The smallest absolute Gasteiger partial charge is 0.192 e. The molecule has 3 atom stereocenters. The molecule has 0 bridgehead atoms. The minimum absolute atomic E-state index is 0.0347. The van der Waals surface area contributed by atoms with E-state index in [1.807, 2.05) is 6.26 Å². The molecule has 3 rings (SSSR count). The Kier molecular flexibility index (Phi) is 4.42. The Hall–Kier alpha value is -1.10. The van der Waals surface area contributed by atoms with Crippen LogP contribution in [0, 0.1) is 0 Å². The van der Waals surface area contributed by atoms with Crippen molar-refractivity contribution in [1.29, 1.82) is 0 Å². The fourth-order valence-electron chi connectivity index (χ4n) is 2.96. The lowest BCUT2D eigenvalue weighted by Crippen LogP contribution is -2.48. The van der Waals surface area contributed by atoms with E-state index in [0.717, 1.165) is 0 Å². The molecule has 0 N–H and O–H groups in total. The lowest BCUT2D eigenvalue weighted by molar-refractivity contribution is -0.0910. The minimum atomic E-state index is -1.78. The summed E-state index contributed by atoms with van der Waals surface area (Å²) in [5, 5.41) is 0.205. The first-order valence-electron chi connectivity index (χ1n) is 8.45. The maximum atomic E-state index is 6.37. The molecule has 0 saturated carbocycles. The number of hydrogen-bond donors (Lipinski definition) is 0. The van der Waals surface area contributed by atoms with Crippen LogP contribution in [0.25, 0.3) is 0 Å². The van der Waals surface area contributed by atoms with Crippen LogP contribution >= 0.6 is 0 Å². The van der Waals surface area contributed by atoms with E-state index in [2.05, 4.69) is 64.2 Å². The summed E-state index contributed by atoms with van der Waals surface area (Å²) in [6.07, 6.45) is 3.95. The molecule has 1 aromatic carbocycles. The largest absolute Gasteiger partial charge is 0.493 e. The third-order valence-corrected chi connectivity index (χ3v) is 10.0. The van der Waals surface area contributed by atoms with E-state index >= 15 is 0 Å². The van der Waals surface area contributed by atoms with Crippen LogP contribution in [0.4, 0.5) is 0 Å². The van der Waals surface area contributed by atoms with E-state index < -0.39 is 8.32 Å². The average molecular weight is 333 g/mol. The maximum Gasteiger partial charge on any atom is 0.192 e. The number of fused-ring (bicyclic) bond motifs is 3. The molecule has 0 radical (unpaired) electrons. The summed E-state index contributed by atoms with van der Waals surface area (Å²) in [6.45, 7) is 12.6. The van der Waals surface area contributed by atoms with Crippen molar-refractivity contribution < 1.29 is 13.9 Å². The topological polar surface area (TPSA) is 27.7 Å². The highest BCUT2D eigenvalue weighted by atomic mass is 28.4. The molecule has 0 aromatic heterocycles. The third-order valence-electron chi connectivity index (χ3n) is 5.52. The van der Waals surface area contributed by atoms with Crippen LogP contribution < -0.4 is 0 Å². The first kappa shape index (κ1) is 16.7. The third kappa shape index (κ3) is 3.25. The van der Waals surface area contributed by atoms with Crippen molar-refractivity contribution in [2.24, 2.45) is 0 Å². The van der Waals surface area contributed by atoms with Crippen molar-refractivity contribution in [2.45, 2.75) is 63.6 Å². The second kappa shape index (κ2) is 6.08. The first-order valence-corrected chi connectivity index (χ1v) is 11.4. The summed E-state index contributed by atoms with van der Waals surface area (Å²) in [7, 11) is -1.78. The van der Waals surface area contributed by atoms with E-state index in [9.17, 15) is 0 Å². The fraction of sp³-hybridized carbons (Fsp3) is 0.579. The van der Waals surface area contributed by atoms with Crippen LogP contribution in [-0.4, -0.2) is 27.1 Å². The van der Waals surface area contributed by atoms with E-state index in [-0.39, 0.29) is 23.2 Å². The van der Waals surface area contributed by atoms with Gasteiger partial charge in [0.15, 0.2) is 8.32 Å². The van der Waals surface area contributed by atoms with Crippen molar-refractivity contribution >= 4 is 8.32 Å². The molecule has 0 spiro atoms. The molecule has 4 heteroatoms. The van der Waals surface area contributed by atoms with Gasteiger partial charge in [0.05, 0.1) is 19.5 Å². The number of hydrogen-bond acceptors (Lipinski definition) is 3. The fourth-order valence-corrected chi connectivity index (χ4v) is 3.97. The molecule has 0 saturated heterocycles. The Morgan fingerprint density at radius 3 is 2.70 bits per heavy atom. The van der Waals surface area contributed by atoms with Crippen LogP contribution in [0.2, 0.25) is 18.1 Å². The van der Waals surface area contributed by atoms with Crippen molar-refractivity contribution in [3.05, 3.63) is 47.7 Å². The zero-order valence-electron chi connectivity index (χ0n) is 14.8. The zero-order valence-corrected chi connectivity index (χ0v) is 15.8. The lowest BCUT2D eigenvalue weighted by Gasteiger charge is -2.42. The highest BCUT2D eigenvalue weighted by Gasteiger charge is 2.42. The second-order valence-electron chi connectivity index (χ2n) is 8.07. The molecule has 0 amide bonds. The van der Waals surface area contributed by atoms with E-state index in [1.165, 1.54) is 11.1 Å². The second-order valence-corrected chi connectivity index (χ2v) is 12.9. The standard InChI is InChI=1S/C19H28O3Si/c1-19(2,3)23(4,5)22-13-17-18-16(10-11-20-17)15-9-7-6-8-14(15)12-21-18/h6-11,16-18H,12-13H2,1-5H3/t16-,17?,18+/m1/s1. The van der Waals surface area contributed by atoms with Crippen LogP contribution in [0.5, 0.6) is 0 Å². The van der Waals surface area contributed by atoms with Crippen LogP contribution in [0.3, 0.4) is 0 Å². The van der Waals surface area contributed by atoms with Crippen LogP contribution in [0.15, 0.2) is 36.6 Å². The van der Waals surface area contributed by atoms with Gasteiger partial charge in [0.2, 0.25) is 0 Å². The Morgan fingerprint density at radius 2 is 1.96 bits per heavy atom. The predicted octanol–water partition coefficient (Wildman–Crippen LogP) is 4.60. The van der Waals surface area contributed by atoms with Gasteiger partial charge >= 0.3 is 0 Å². The van der Waals surface area contributed by atoms with Gasteiger partial charge in [-0.15, -0.1) is 0 Å². The molecule has 1 aromatic rings. The highest BCUT2D eigenvalue weighted by Crippen LogP contribution is 2.39. The Labute approximate surface area is 140 Å². The zero-order chi connectivity index (χ0) is 16.7. The summed E-state index contributed by atoms with van der Waals surface area (Å²) in [4.78, 5) is 0. The SMILES string of the molecule is CC(C)(C)[Si](C)(C)OCC1OC=C[C@@H]2c3ccccc3CO[C@H]12. The molecule has 126 valence electrons. The average Bonchev–Trinajstić information content (AvgIpc) is 2.51. The summed E-state index contributed by atoms with van der Waals surface area (Å²) in [5.41, 5.74) is 2.64. The Bertz CT molecular complexity index is 589. The van der Waals surface area contributed by atoms with Crippen LogP contribution in [-0.2, 0) is 20.5 Å². The molecule has 3 nitrogen and oxygen atoms in total. The molecular weight excluding hydrogens is 304 g/mol. The van der Waals surface area contributed by atoms with E-state index in [4.69, 9.17) is 13.9 Å². The monoisotopic (exact) mass is 332 g/mol. The van der Waals surface area contributed by atoms with Gasteiger partial charge in [0.1, 0.15) is 12.2 Å². The number of ether oxygens (including phenoxy) is 2. The van der Waals surface area contributed by atoms with Crippen molar-refractivity contribution in [1.82, 2.24) is 0 Å². The van der Waals surface area contributed by atoms with Crippen molar-refractivity contribution in [2.75, 3.05) is 6.61 Å². The van der Waals surface area contributed by atoms with Gasteiger partial charge in [-0.3, -0.25) is 0 Å². The molecule has 23 heavy (non-hydrogen) atoms. The molecule has 2 aliphatic rings. The summed E-state index contributed by atoms with van der Waals surface area (Å²) >= 11 is 0. The van der Waals surface area contributed by atoms with Gasteiger partial charge in [0.25, 0.3) is 0 Å². The van der Waals surface area contributed by atoms with Gasteiger partial charge < -0.3 is 13.9 Å². The summed E-state index contributed by atoms with van der Waals surface area (Å²) < 4.78 is 18.4. The molecular formula is C19H28O3Si. The summed E-state index contributed by atoms with van der Waals surface area (Å²) in [5.74, 6) is 0.265. The van der Waals surface area contributed by atoms with E-state index in [0.29, 0.717) is 13.2 Å². The summed E-state index contributed by atoms with van der Waals surface area (Å²) in [6, 6.07) is 8.53. The number of benzene rings is 1. The Morgan fingerprint density at radius 1 is 1.22 bits per heavy atom.